The van der Waals surface area contributed by atoms with E-state index in [1.54, 1.807) is 11.9 Å². The van der Waals surface area contributed by atoms with Gasteiger partial charge in [-0.1, -0.05) is 19.0 Å². The van der Waals surface area contributed by atoms with Crippen molar-refractivity contribution < 1.29 is 9.32 Å². The molecular formula is C14H21N5O2. The zero-order chi connectivity index (χ0) is 15.7. The van der Waals surface area contributed by atoms with Gasteiger partial charge in [0.05, 0.1) is 23.6 Å². The number of H-pyrrole nitrogens is 1. The number of rotatable bonds is 4. The fourth-order valence-electron chi connectivity index (χ4n) is 2.18. The lowest BCUT2D eigenvalue weighted by atomic mass is 10.1. The smallest absolute Gasteiger partial charge is 0.276 e. The van der Waals surface area contributed by atoms with Gasteiger partial charge >= 0.3 is 0 Å². The highest BCUT2D eigenvalue weighted by Crippen LogP contribution is 2.23. The first kappa shape index (κ1) is 15.1. The fourth-order valence-corrected chi connectivity index (χ4v) is 2.18. The molecule has 2 rings (SSSR count). The Morgan fingerprint density at radius 1 is 1.43 bits per heavy atom. The minimum absolute atomic E-state index is 0.187. The molecule has 2 aromatic heterocycles. The number of aromatic amines is 1. The van der Waals surface area contributed by atoms with E-state index in [2.05, 4.69) is 15.4 Å². The van der Waals surface area contributed by atoms with Crippen LogP contribution in [0.2, 0.25) is 0 Å². The van der Waals surface area contributed by atoms with Gasteiger partial charge < -0.3 is 15.2 Å². The second-order valence-electron chi connectivity index (χ2n) is 5.52. The van der Waals surface area contributed by atoms with Gasteiger partial charge in [-0.25, -0.2) is 0 Å². The predicted octanol–water partition coefficient (Wildman–Crippen LogP) is 1.99. The van der Waals surface area contributed by atoms with Crippen LogP contribution in [0.15, 0.2) is 4.52 Å². The van der Waals surface area contributed by atoms with Crippen molar-refractivity contribution in [3.8, 4) is 0 Å². The van der Waals surface area contributed by atoms with Crippen molar-refractivity contribution >= 4 is 11.6 Å². The summed E-state index contributed by atoms with van der Waals surface area (Å²) in [7, 11) is 1.71. The molecule has 0 aromatic carbocycles. The van der Waals surface area contributed by atoms with Crippen LogP contribution in [0.4, 0.5) is 5.69 Å². The monoisotopic (exact) mass is 291 g/mol. The van der Waals surface area contributed by atoms with E-state index in [9.17, 15) is 4.79 Å². The van der Waals surface area contributed by atoms with E-state index < -0.39 is 0 Å². The van der Waals surface area contributed by atoms with Crippen LogP contribution in [0, 0.1) is 13.8 Å². The number of nitrogens with zero attached hydrogens (tertiary/aromatic N) is 3. The van der Waals surface area contributed by atoms with Gasteiger partial charge in [-0.05, 0) is 19.8 Å². The van der Waals surface area contributed by atoms with Crippen molar-refractivity contribution in [3.05, 3.63) is 28.4 Å². The summed E-state index contributed by atoms with van der Waals surface area (Å²) in [5.74, 6) is 0.674. The van der Waals surface area contributed by atoms with Gasteiger partial charge in [0.15, 0.2) is 5.69 Å². The summed E-state index contributed by atoms with van der Waals surface area (Å²) in [4.78, 5) is 14.0. The Morgan fingerprint density at radius 3 is 2.57 bits per heavy atom. The average Bonchev–Trinajstić information content (AvgIpc) is 2.95. The molecule has 0 fully saturated rings. The van der Waals surface area contributed by atoms with Gasteiger partial charge in [0.2, 0.25) is 0 Å². The fraction of sp³-hybridized carbons (Fsp3) is 0.500. The van der Waals surface area contributed by atoms with Crippen LogP contribution in [0.3, 0.4) is 0 Å². The van der Waals surface area contributed by atoms with Crippen LogP contribution in [0.25, 0.3) is 0 Å². The molecule has 0 saturated carbocycles. The molecule has 0 aliphatic carbocycles. The number of aryl methyl sites for hydroxylation is 2. The molecule has 0 spiro atoms. The highest BCUT2D eigenvalue weighted by molar-refractivity contribution is 5.97. The Kier molecular flexibility index (Phi) is 4.02. The Bertz CT molecular complexity index is 637. The number of nitrogen functional groups attached to an aromatic ring is 1. The number of anilines is 1. The van der Waals surface area contributed by atoms with E-state index in [4.69, 9.17) is 10.3 Å². The molecule has 21 heavy (non-hydrogen) atoms. The molecule has 114 valence electrons. The predicted molar refractivity (Wildman–Crippen MR) is 78.9 cm³/mol. The number of aromatic nitrogens is 3. The lowest BCUT2D eigenvalue weighted by molar-refractivity contribution is 0.0779. The Labute approximate surface area is 123 Å². The van der Waals surface area contributed by atoms with Gasteiger partial charge in [-0.15, -0.1) is 0 Å². The normalized spacial score (nSPS) is 11.1. The standard InChI is InChI=1S/C14H21N5O2/c1-7(2)12-11(15)13(17-16-12)14(20)19(5)6-10-8(3)18-21-9(10)4/h7H,6,15H2,1-5H3,(H,16,17). The third-order valence-corrected chi connectivity index (χ3v) is 3.54. The number of hydrogen-bond donors (Lipinski definition) is 2. The van der Waals surface area contributed by atoms with E-state index in [0.29, 0.717) is 18.0 Å². The van der Waals surface area contributed by atoms with Gasteiger partial charge in [-0.3, -0.25) is 9.89 Å². The van der Waals surface area contributed by atoms with Gasteiger partial charge in [0.25, 0.3) is 5.91 Å². The van der Waals surface area contributed by atoms with E-state index >= 15 is 0 Å². The summed E-state index contributed by atoms with van der Waals surface area (Å²) in [6.07, 6.45) is 0. The molecule has 0 unspecified atom stereocenters. The number of hydrogen-bond acceptors (Lipinski definition) is 5. The SMILES string of the molecule is Cc1noc(C)c1CN(C)C(=O)c1n[nH]c(C(C)C)c1N. The molecule has 0 saturated heterocycles. The van der Waals surface area contributed by atoms with Crippen molar-refractivity contribution in [1.82, 2.24) is 20.3 Å². The van der Waals surface area contributed by atoms with Crippen molar-refractivity contribution in [2.75, 3.05) is 12.8 Å². The molecular weight excluding hydrogens is 270 g/mol. The maximum Gasteiger partial charge on any atom is 0.276 e. The summed E-state index contributed by atoms with van der Waals surface area (Å²) in [6.45, 7) is 8.07. The van der Waals surface area contributed by atoms with Crippen molar-refractivity contribution in [3.63, 3.8) is 0 Å². The first-order valence-corrected chi connectivity index (χ1v) is 6.83. The minimum Gasteiger partial charge on any atom is -0.395 e. The van der Waals surface area contributed by atoms with E-state index in [-0.39, 0.29) is 17.5 Å². The molecule has 7 heteroatoms. The summed E-state index contributed by atoms with van der Waals surface area (Å²) in [6, 6.07) is 0. The maximum absolute atomic E-state index is 12.5. The van der Waals surface area contributed by atoms with E-state index in [1.807, 2.05) is 27.7 Å². The van der Waals surface area contributed by atoms with Gasteiger partial charge in [0, 0.05) is 12.6 Å². The summed E-state index contributed by atoms with van der Waals surface area (Å²) in [5.41, 5.74) is 9.15. The van der Waals surface area contributed by atoms with Crippen LogP contribution in [-0.2, 0) is 6.54 Å². The highest BCUT2D eigenvalue weighted by Gasteiger charge is 2.23. The molecule has 1 amide bonds. The zero-order valence-corrected chi connectivity index (χ0v) is 13.0. The number of nitrogens with two attached hydrogens (primary N) is 1. The maximum atomic E-state index is 12.5. The molecule has 3 N–H and O–H groups in total. The molecule has 2 aromatic rings. The van der Waals surface area contributed by atoms with Crippen molar-refractivity contribution in [1.29, 1.82) is 0 Å². The third kappa shape index (κ3) is 2.76. The van der Waals surface area contributed by atoms with Gasteiger partial charge in [0.1, 0.15) is 5.76 Å². The molecule has 0 aliphatic heterocycles. The number of carbonyl (C=O) groups is 1. The molecule has 0 radical (unpaired) electrons. The Balaban J connectivity index is 2.20. The first-order chi connectivity index (χ1) is 9.82. The van der Waals surface area contributed by atoms with Crippen LogP contribution < -0.4 is 5.73 Å². The van der Waals surface area contributed by atoms with Crippen LogP contribution in [-0.4, -0.2) is 33.2 Å². The van der Waals surface area contributed by atoms with Crippen LogP contribution in [0.1, 0.15) is 53.0 Å². The zero-order valence-electron chi connectivity index (χ0n) is 13.0. The Morgan fingerprint density at radius 2 is 2.10 bits per heavy atom. The highest BCUT2D eigenvalue weighted by atomic mass is 16.5. The Hall–Kier alpha value is -2.31. The molecule has 0 atom stereocenters. The van der Waals surface area contributed by atoms with E-state index in [0.717, 1.165) is 17.0 Å². The first-order valence-electron chi connectivity index (χ1n) is 6.83. The van der Waals surface area contributed by atoms with Gasteiger partial charge in [-0.2, -0.15) is 5.10 Å². The second kappa shape index (κ2) is 5.59. The van der Waals surface area contributed by atoms with E-state index in [1.165, 1.54) is 0 Å². The number of amides is 1. The molecule has 7 nitrogen and oxygen atoms in total. The topological polar surface area (TPSA) is 101 Å². The number of carbonyl (C=O) groups excluding carboxylic acids is 1. The lowest BCUT2D eigenvalue weighted by Crippen LogP contribution is -2.27. The summed E-state index contributed by atoms with van der Waals surface area (Å²) < 4.78 is 5.11. The third-order valence-electron chi connectivity index (χ3n) is 3.54. The lowest BCUT2D eigenvalue weighted by Gasteiger charge is -2.16. The second-order valence-corrected chi connectivity index (χ2v) is 5.52. The quantitative estimate of drug-likeness (QED) is 0.897. The molecule has 2 heterocycles. The van der Waals surface area contributed by atoms with Crippen molar-refractivity contribution in [2.45, 2.75) is 40.2 Å². The number of nitrogens with one attached hydrogen (secondary N) is 1. The average molecular weight is 291 g/mol. The summed E-state index contributed by atoms with van der Waals surface area (Å²) >= 11 is 0. The van der Waals surface area contributed by atoms with Crippen LogP contribution >= 0.6 is 0 Å². The van der Waals surface area contributed by atoms with Crippen molar-refractivity contribution in [2.24, 2.45) is 0 Å². The summed E-state index contributed by atoms with van der Waals surface area (Å²) in [5, 5.41) is 10.8. The minimum atomic E-state index is -0.226. The largest absolute Gasteiger partial charge is 0.395 e. The van der Waals surface area contributed by atoms with Crippen LogP contribution in [0.5, 0.6) is 0 Å². The molecule has 0 aliphatic rings. The molecule has 0 bridgehead atoms.